The number of halogens is 1. The number of dihydropyridines is 1. The second-order valence-electron chi connectivity index (χ2n) is 3.23. The summed E-state index contributed by atoms with van der Waals surface area (Å²) in [7, 11) is 0. The van der Waals surface area contributed by atoms with Crippen LogP contribution in [0.25, 0.3) is 0 Å². The van der Waals surface area contributed by atoms with Crippen molar-refractivity contribution in [1.29, 1.82) is 0 Å². The molecule has 2 unspecified atom stereocenters. The Labute approximate surface area is 93.8 Å². The van der Waals surface area contributed by atoms with Crippen molar-refractivity contribution in [2.45, 2.75) is 12.1 Å². The number of nitrogens with one attached hydrogen (secondary N) is 1. The van der Waals surface area contributed by atoms with E-state index in [0.29, 0.717) is 5.57 Å². The summed E-state index contributed by atoms with van der Waals surface area (Å²) in [6.07, 6.45) is 6.20. The number of carbonyl (C=O) groups is 1. The summed E-state index contributed by atoms with van der Waals surface area (Å²) in [6, 6.07) is -1.54. The van der Waals surface area contributed by atoms with Crippen LogP contribution in [0, 0.1) is 10.1 Å². The van der Waals surface area contributed by atoms with Gasteiger partial charge in [0.25, 0.3) is 6.04 Å². The molecule has 0 saturated heterocycles. The first-order valence-electron chi connectivity index (χ1n) is 4.29. The average Bonchev–Trinajstić information content (AvgIpc) is 2.23. The van der Waals surface area contributed by atoms with E-state index in [1.54, 1.807) is 18.4 Å². The number of ketones is 1. The fourth-order valence-electron chi connectivity index (χ4n) is 1.64. The van der Waals surface area contributed by atoms with E-state index in [0.717, 1.165) is 0 Å². The zero-order valence-electron chi connectivity index (χ0n) is 7.51. The predicted octanol–water partition coefficient (Wildman–Crippen LogP) is 0.905. The normalized spacial score (nSPS) is 28.7. The van der Waals surface area contributed by atoms with Crippen LogP contribution in [0.4, 0.5) is 0 Å². The summed E-state index contributed by atoms with van der Waals surface area (Å²) in [4.78, 5) is 22.0. The molecule has 0 aromatic carbocycles. The number of Topliss-reactive ketones (excluding diaryl/α,β-unsaturated/α-hetero) is 1. The minimum absolute atomic E-state index is 0.177. The first-order valence-corrected chi connectivity index (χ1v) is 5.08. The van der Waals surface area contributed by atoms with Crippen LogP contribution in [0.5, 0.6) is 0 Å². The van der Waals surface area contributed by atoms with Gasteiger partial charge in [0, 0.05) is 16.6 Å². The van der Waals surface area contributed by atoms with Crippen LogP contribution in [0.3, 0.4) is 0 Å². The molecule has 78 valence electrons. The third kappa shape index (κ3) is 1.61. The van der Waals surface area contributed by atoms with Crippen molar-refractivity contribution in [3.8, 4) is 0 Å². The fourth-order valence-corrected chi connectivity index (χ4v) is 2.12. The SMILES string of the molecule is O=C1C(Br)=CC([N+](=O)[O-])C2=CC=CNC12. The molecule has 1 heterocycles. The Morgan fingerprint density at radius 1 is 1.53 bits per heavy atom. The largest absolute Gasteiger partial charge is 0.377 e. The second kappa shape index (κ2) is 3.62. The Bertz CT molecular complexity index is 425. The number of allylic oxidation sites excluding steroid dienone is 2. The number of carbonyl (C=O) groups excluding carboxylic acids is 1. The van der Waals surface area contributed by atoms with Crippen molar-refractivity contribution in [1.82, 2.24) is 5.32 Å². The molecule has 0 saturated carbocycles. The van der Waals surface area contributed by atoms with Gasteiger partial charge in [0.2, 0.25) is 0 Å². The van der Waals surface area contributed by atoms with Gasteiger partial charge in [-0.05, 0) is 28.2 Å². The zero-order valence-corrected chi connectivity index (χ0v) is 9.10. The highest BCUT2D eigenvalue weighted by molar-refractivity contribution is 9.12. The highest BCUT2D eigenvalue weighted by Gasteiger charge is 2.39. The summed E-state index contributed by atoms with van der Waals surface area (Å²) in [5, 5.41) is 13.6. The van der Waals surface area contributed by atoms with Crippen LogP contribution in [0.2, 0.25) is 0 Å². The van der Waals surface area contributed by atoms with E-state index in [4.69, 9.17) is 0 Å². The van der Waals surface area contributed by atoms with Gasteiger partial charge in [-0.2, -0.15) is 0 Å². The first kappa shape index (κ1) is 10.1. The molecule has 6 heteroatoms. The van der Waals surface area contributed by atoms with E-state index in [2.05, 4.69) is 21.2 Å². The molecule has 0 radical (unpaired) electrons. The maximum atomic E-state index is 11.7. The lowest BCUT2D eigenvalue weighted by atomic mass is 9.89. The maximum absolute atomic E-state index is 11.7. The number of hydrogen-bond acceptors (Lipinski definition) is 4. The quantitative estimate of drug-likeness (QED) is 0.568. The highest BCUT2D eigenvalue weighted by Crippen LogP contribution is 2.27. The number of nitro groups is 1. The Hall–Kier alpha value is -1.43. The molecule has 15 heavy (non-hydrogen) atoms. The standard InChI is InChI=1S/C9H7BrN2O3/c10-6-4-7(12(14)15)5-2-1-3-11-8(5)9(6)13/h1-4,7-8,11H. The molecule has 1 aliphatic heterocycles. The molecule has 0 aromatic heterocycles. The molecule has 2 aliphatic rings. The van der Waals surface area contributed by atoms with E-state index in [1.165, 1.54) is 6.08 Å². The molecule has 1 N–H and O–H groups in total. The minimum atomic E-state index is -0.931. The van der Waals surface area contributed by atoms with Gasteiger partial charge in [-0.15, -0.1) is 0 Å². The molecule has 0 amide bonds. The molecule has 0 bridgehead atoms. The Kier molecular flexibility index (Phi) is 2.44. The van der Waals surface area contributed by atoms with Gasteiger partial charge in [-0.25, -0.2) is 0 Å². The summed E-state index contributed by atoms with van der Waals surface area (Å²) in [5.74, 6) is -0.177. The van der Waals surface area contributed by atoms with Crippen LogP contribution in [0.15, 0.2) is 34.5 Å². The van der Waals surface area contributed by atoms with Gasteiger partial charge in [0.05, 0.1) is 4.48 Å². The number of fused-ring (bicyclic) bond motifs is 1. The van der Waals surface area contributed by atoms with E-state index in [1.807, 2.05) is 0 Å². The summed E-state index contributed by atoms with van der Waals surface area (Å²) >= 11 is 3.04. The van der Waals surface area contributed by atoms with Crippen LogP contribution >= 0.6 is 15.9 Å². The summed E-state index contributed by atoms with van der Waals surface area (Å²) < 4.78 is 0.258. The third-order valence-corrected chi connectivity index (χ3v) is 3.01. The monoisotopic (exact) mass is 270 g/mol. The molecular weight excluding hydrogens is 264 g/mol. The molecule has 5 nitrogen and oxygen atoms in total. The topological polar surface area (TPSA) is 72.2 Å². The lowest BCUT2D eigenvalue weighted by Crippen LogP contribution is -2.45. The van der Waals surface area contributed by atoms with Gasteiger partial charge >= 0.3 is 0 Å². The Morgan fingerprint density at radius 2 is 2.27 bits per heavy atom. The van der Waals surface area contributed by atoms with Crippen LogP contribution in [-0.2, 0) is 4.79 Å². The van der Waals surface area contributed by atoms with Gasteiger partial charge < -0.3 is 5.32 Å². The molecule has 2 rings (SSSR count). The van der Waals surface area contributed by atoms with Crippen molar-refractivity contribution in [3.63, 3.8) is 0 Å². The summed E-state index contributed by atoms with van der Waals surface area (Å²) in [6.45, 7) is 0. The molecular formula is C9H7BrN2O3. The predicted molar refractivity (Wildman–Crippen MR) is 56.9 cm³/mol. The van der Waals surface area contributed by atoms with Gasteiger partial charge in [-0.1, -0.05) is 6.08 Å². The van der Waals surface area contributed by atoms with Gasteiger partial charge in [0.1, 0.15) is 6.04 Å². The number of rotatable bonds is 1. The number of nitrogens with zero attached hydrogens (tertiary/aromatic N) is 1. The van der Waals surface area contributed by atoms with Gasteiger partial charge in [-0.3, -0.25) is 14.9 Å². The van der Waals surface area contributed by atoms with E-state index in [9.17, 15) is 14.9 Å². The molecule has 0 spiro atoms. The van der Waals surface area contributed by atoms with Crippen molar-refractivity contribution in [3.05, 3.63) is 44.6 Å². The Morgan fingerprint density at radius 3 is 2.93 bits per heavy atom. The van der Waals surface area contributed by atoms with Crippen molar-refractivity contribution in [2.75, 3.05) is 0 Å². The minimum Gasteiger partial charge on any atom is -0.377 e. The smallest absolute Gasteiger partial charge is 0.256 e. The Balaban J connectivity index is 2.48. The highest BCUT2D eigenvalue weighted by atomic mass is 79.9. The average molecular weight is 271 g/mol. The molecule has 2 atom stereocenters. The van der Waals surface area contributed by atoms with E-state index in [-0.39, 0.29) is 10.3 Å². The van der Waals surface area contributed by atoms with Crippen LogP contribution in [-0.4, -0.2) is 22.8 Å². The van der Waals surface area contributed by atoms with E-state index < -0.39 is 17.0 Å². The molecule has 0 fully saturated rings. The molecule has 0 aromatic rings. The lowest BCUT2D eigenvalue weighted by molar-refractivity contribution is -0.500. The van der Waals surface area contributed by atoms with Crippen LogP contribution < -0.4 is 5.32 Å². The van der Waals surface area contributed by atoms with Gasteiger partial charge in [0.15, 0.2) is 5.78 Å². The van der Waals surface area contributed by atoms with Crippen LogP contribution in [0.1, 0.15) is 0 Å². The van der Waals surface area contributed by atoms with E-state index >= 15 is 0 Å². The lowest BCUT2D eigenvalue weighted by Gasteiger charge is -2.26. The zero-order chi connectivity index (χ0) is 11.0. The second-order valence-corrected chi connectivity index (χ2v) is 4.09. The van der Waals surface area contributed by atoms with Crippen molar-refractivity contribution < 1.29 is 9.72 Å². The maximum Gasteiger partial charge on any atom is 0.256 e. The number of hydrogen-bond donors (Lipinski definition) is 1. The first-order chi connectivity index (χ1) is 7.11. The summed E-state index contributed by atoms with van der Waals surface area (Å²) in [5.41, 5.74) is 0.482. The molecule has 1 aliphatic carbocycles. The van der Waals surface area contributed by atoms with Crippen molar-refractivity contribution >= 4 is 21.7 Å². The van der Waals surface area contributed by atoms with Crippen molar-refractivity contribution in [2.24, 2.45) is 0 Å². The fraction of sp³-hybridized carbons (Fsp3) is 0.222. The third-order valence-electron chi connectivity index (χ3n) is 2.35.